The van der Waals surface area contributed by atoms with Crippen molar-refractivity contribution >= 4 is 34.0 Å². The van der Waals surface area contributed by atoms with E-state index in [1.54, 1.807) is 12.1 Å². The van der Waals surface area contributed by atoms with Gasteiger partial charge in [0.05, 0.1) is 5.02 Å². The lowest BCUT2D eigenvalue weighted by atomic mass is 9.81. The molecule has 0 aliphatic carbocycles. The number of benzene rings is 1. The lowest BCUT2D eigenvalue weighted by Crippen LogP contribution is -2.42. The first-order chi connectivity index (χ1) is 10.4. The highest BCUT2D eigenvalue weighted by atomic mass is 35.5. The first kappa shape index (κ1) is 20.7. The highest BCUT2D eigenvalue weighted by Gasteiger charge is 2.29. The monoisotopic (exact) mass is 380 g/mol. The molecule has 2 N–H and O–H groups in total. The highest BCUT2D eigenvalue weighted by molar-refractivity contribution is 7.89. The van der Waals surface area contributed by atoms with Crippen molar-refractivity contribution in [1.82, 2.24) is 10.0 Å². The number of sulfonamides is 1. The van der Waals surface area contributed by atoms with Crippen LogP contribution in [0.4, 0.5) is 0 Å². The van der Waals surface area contributed by atoms with Crippen LogP contribution in [0.2, 0.25) is 5.02 Å². The summed E-state index contributed by atoms with van der Waals surface area (Å²) in [6, 6.07) is 5.26. The third-order valence-corrected chi connectivity index (χ3v) is 6.21. The van der Waals surface area contributed by atoms with Gasteiger partial charge in [-0.15, -0.1) is 12.4 Å². The minimum atomic E-state index is -3.57. The van der Waals surface area contributed by atoms with Gasteiger partial charge in [-0.25, -0.2) is 13.1 Å². The van der Waals surface area contributed by atoms with Crippen LogP contribution in [0.25, 0.3) is 0 Å². The van der Waals surface area contributed by atoms with E-state index in [4.69, 9.17) is 11.6 Å². The van der Waals surface area contributed by atoms with E-state index >= 15 is 0 Å². The van der Waals surface area contributed by atoms with Gasteiger partial charge < -0.3 is 5.32 Å². The fourth-order valence-electron chi connectivity index (χ4n) is 2.75. The Hall–Kier alpha value is -0.330. The van der Waals surface area contributed by atoms with E-state index in [1.165, 1.54) is 0 Å². The van der Waals surface area contributed by atoms with Gasteiger partial charge in [-0.1, -0.05) is 37.9 Å². The fraction of sp³-hybridized carbons (Fsp3) is 0.625. The molecule has 2 rings (SSSR count). The normalized spacial score (nSPS) is 17.5. The number of hydrogen-bond donors (Lipinski definition) is 2. The van der Waals surface area contributed by atoms with Crippen molar-refractivity contribution < 1.29 is 8.42 Å². The minimum absolute atomic E-state index is 0. The van der Waals surface area contributed by atoms with Crippen LogP contribution in [0.15, 0.2) is 23.1 Å². The van der Waals surface area contributed by atoms with Crippen LogP contribution in [0.5, 0.6) is 0 Å². The van der Waals surface area contributed by atoms with Gasteiger partial charge in [0, 0.05) is 6.54 Å². The van der Waals surface area contributed by atoms with Gasteiger partial charge in [0.2, 0.25) is 10.0 Å². The molecule has 23 heavy (non-hydrogen) atoms. The molecule has 1 aromatic carbocycles. The third kappa shape index (κ3) is 5.61. The quantitative estimate of drug-likeness (QED) is 0.794. The van der Waals surface area contributed by atoms with Crippen LogP contribution in [0, 0.1) is 5.41 Å². The lowest BCUT2D eigenvalue weighted by Gasteiger charge is -2.34. The topological polar surface area (TPSA) is 58.2 Å². The summed E-state index contributed by atoms with van der Waals surface area (Å²) in [5.41, 5.74) is 1.01. The van der Waals surface area contributed by atoms with Crippen molar-refractivity contribution in [2.45, 2.75) is 44.4 Å². The zero-order valence-corrected chi connectivity index (χ0v) is 16.1. The predicted octanol–water partition coefficient (Wildman–Crippen LogP) is 3.38. The largest absolute Gasteiger partial charge is 0.317 e. The lowest BCUT2D eigenvalue weighted by molar-refractivity contribution is 0.232. The third-order valence-electron chi connectivity index (χ3n) is 4.32. The molecule has 7 heteroatoms. The number of rotatable bonds is 6. The van der Waals surface area contributed by atoms with Crippen molar-refractivity contribution in [1.29, 1.82) is 0 Å². The number of piperidine rings is 1. The molecule has 1 fully saturated rings. The van der Waals surface area contributed by atoms with Gasteiger partial charge in [0.15, 0.2) is 0 Å². The molecule has 0 bridgehead atoms. The molecule has 1 aliphatic rings. The molecule has 1 heterocycles. The summed E-state index contributed by atoms with van der Waals surface area (Å²) in [6.45, 7) is 6.52. The summed E-state index contributed by atoms with van der Waals surface area (Å²) < 4.78 is 27.9. The zero-order chi connectivity index (χ0) is 16.2. The van der Waals surface area contributed by atoms with Gasteiger partial charge in [0.1, 0.15) is 4.90 Å². The van der Waals surface area contributed by atoms with Crippen LogP contribution in [0.1, 0.15) is 38.7 Å². The number of halogens is 2. The predicted molar refractivity (Wildman–Crippen MR) is 98.1 cm³/mol. The van der Waals surface area contributed by atoms with E-state index in [0.29, 0.717) is 6.54 Å². The highest BCUT2D eigenvalue weighted by Crippen LogP contribution is 2.28. The Labute approximate surface area is 150 Å². The van der Waals surface area contributed by atoms with Crippen molar-refractivity contribution in [3.05, 3.63) is 28.8 Å². The Kier molecular flexibility index (Phi) is 7.81. The number of hydrogen-bond acceptors (Lipinski definition) is 3. The first-order valence-corrected chi connectivity index (χ1v) is 9.71. The van der Waals surface area contributed by atoms with Crippen LogP contribution in [-0.4, -0.2) is 28.1 Å². The second kappa shape index (κ2) is 8.67. The van der Waals surface area contributed by atoms with Crippen LogP contribution >= 0.6 is 24.0 Å². The molecule has 1 aliphatic heterocycles. The van der Waals surface area contributed by atoms with Gasteiger partial charge >= 0.3 is 0 Å². The SMILES string of the molecule is CCCc1ccc(Cl)c(S(=O)(=O)NCC2(C)CCNCC2)c1.Cl. The molecule has 0 spiro atoms. The van der Waals surface area contributed by atoms with E-state index in [2.05, 4.69) is 23.9 Å². The van der Waals surface area contributed by atoms with Crippen molar-refractivity contribution in [2.24, 2.45) is 5.41 Å². The molecule has 1 aromatic rings. The molecule has 0 radical (unpaired) electrons. The minimum Gasteiger partial charge on any atom is -0.317 e. The fourth-order valence-corrected chi connectivity index (χ4v) is 4.50. The molecule has 4 nitrogen and oxygen atoms in total. The summed E-state index contributed by atoms with van der Waals surface area (Å²) in [4.78, 5) is 0.192. The smallest absolute Gasteiger partial charge is 0.242 e. The Bertz CT molecular complexity index is 615. The van der Waals surface area contributed by atoms with E-state index in [9.17, 15) is 8.42 Å². The second-order valence-corrected chi connectivity index (χ2v) is 8.54. The summed E-state index contributed by atoms with van der Waals surface area (Å²) in [5, 5.41) is 3.58. The summed E-state index contributed by atoms with van der Waals surface area (Å²) >= 11 is 6.11. The summed E-state index contributed by atoms with van der Waals surface area (Å²) in [7, 11) is -3.57. The molecule has 0 amide bonds. The Balaban J connectivity index is 0.00000264. The van der Waals surface area contributed by atoms with Gasteiger partial charge in [-0.05, 0) is 55.5 Å². The summed E-state index contributed by atoms with van der Waals surface area (Å²) in [6.07, 6.45) is 3.76. The van der Waals surface area contributed by atoms with Crippen LogP contribution in [0.3, 0.4) is 0 Å². The Morgan fingerprint density at radius 1 is 1.30 bits per heavy atom. The first-order valence-electron chi connectivity index (χ1n) is 7.85. The Morgan fingerprint density at radius 3 is 2.57 bits per heavy atom. The zero-order valence-electron chi connectivity index (χ0n) is 13.7. The van der Waals surface area contributed by atoms with Crippen molar-refractivity contribution in [3.8, 4) is 0 Å². The summed E-state index contributed by atoms with van der Waals surface area (Å²) in [5.74, 6) is 0. The van der Waals surface area contributed by atoms with E-state index in [-0.39, 0.29) is 27.7 Å². The maximum absolute atomic E-state index is 12.6. The molecule has 0 atom stereocenters. The molecule has 1 saturated heterocycles. The number of aryl methyl sites for hydroxylation is 1. The maximum Gasteiger partial charge on any atom is 0.242 e. The molecular weight excluding hydrogens is 355 g/mol. The van der Waals surface area contributed by atoms with E-state index < -0.39 is 10.0 Å². The van der Waals surface area contributed by atoms with Gasteiger partial charge in [-0.3, -0.25) is 0 Å². The Morgan fingerprint density at radius 2 is 1.96 bits per heavy atom. The molecule has 0 unspecified atom stereocenters. The maximum atomic E-state index is 12.6. The van der Waals surface area contributed by atoms with Crippen LogP contribution < -0.4 is 10.0 Å². The average Bonchev–Trinajstić information content (AvgIpc) is 2.48. The number of nitrogens with one attached hydrogen (secondary N) is 2. The molecular formula is C16H26Cl2N2O2S. The van der Waals surface area contributed by atoms with Crippen molar-refractivity contribution in [2.75, 3.05) is 19.6 Å². The second-order valence-electron chi connectivity index (χ2n) is 6.40. The van der Waals surface area contributed by atoms with Crippen molar-refractivity contribution in [3.63, 3.8) is 0 Å². The van der Waals surface area contributed by atoms with E-state index in [0.717, 1.165) is 44.3 Å². The van der Waals surface area contributed by atoms with Crippen LogP contribution in [-0.2, 0) is 16.4 Å². The molecule has 0 saturated carbocycles. The molecule has 132 valence electrons. The van der Waals surface area contributed by atoms with Gasteiger partial charge in [-0.2, -0.15) is 0 Å². The standard InChI is InChI=1S/C16H25ClN2O2S.ClH/c1-3-4-13-5-6-14(17)15(11-13)22(20,21)19-12-16(2)7-9-18-10-8-16;/h5-6,11,18-19H,3-4,7-10,12H2,1-2H3;1H. The average molecular weight is 381 g/mol. The van der Waals surface area contributed by atoms with E-state index in [1.807, 2.05) is 6.07 Å². The molecule has 0 aromatic heterocycles. The van der Waals surface area contributed by atoms with Gasteiger partial charge in [0.25, 0.3) is 0 Å².